The average molecular weight is 435 g/mol. The number of nitrogens with one attached hydrogen (secondary N) is 1. The monoisotopic (exact) mass is 434 g/mol. The first-order valence-electron chi connectivity index (χ1n) is 10.3. The molecule has 1 aliphatic heterocycles. The van der Waals surface area contributed by atoms with Crippen LogP contribution >= 0.6 is 22.9 Å². The van der Waals surface area contributed by atoms with Crippen molar-refractivity contribution in [3.8, 4) is 10.6 Å². The molecule has 1 atom stereocenters. The summed E-state index contributed by atoms with van der Waals surface area (Å²) in [6, 6.07) is 6.93. The lowest BCUT2D eigenvalue weighted by Gasteiger charge is -2.23. The molecule has 1 fully saturated rings. The number of rotatable bonds is 9. The number of likely N-dealkylation sites (tertiary alicyclic amines) is 1. The minimum atomic E-state index is -0.420. The number of halogens is 1. The number of unbranched alkanes of at least 4 members (excludes halogenated alkanes) is 4. The van der Waals surface area contributed by atoms with Crippen LogP contribution in [-0.2, 0) is 9.59 Å². The zero-order chi connectivity index (χ0) is 20.6. The van der Waals surface area contributed by atoms with Crippen LogP contribution in [0.1, 0.15) is 58.3 Å². The van der Waals surface area contributed by atoms with Gasteiger partial charge in [0.15, 0.2) is 0 Å². The van der Waals surface area contributed by atoms with Gasteiger partial charge in [-0.2, -0.15) is 0 Å². The Morgan fingerprint density at radius 3 is 2.86 bits per heavy atom. The average Bonchev–Trinajstić information content (AvgIpc) is 3.37. The lowest BCUT2D eigenvalue weighted by molar-refractivity contribution is -0.136. The van der Waals surface area contributed by atoms with Crippen molar-refractivity contribution in [2.75, 3.05) is 11.9 Å². The molecule has 0 saturated carbocycles. The maximum atomic E-state index is 12.8. The Labute approximate surface area is 180 Å². The van der Waals surface area contributed by atoms with E-state index in [0.717, 1.165) is 24.8 Å². The summed E-state index contributed by atoms with van der Waals surface area (Å²) in [6.45, 7) is 2.82. The van der Waals surface area contributed by atoms with E-state index < -0.39 is 6.04 Å². The highest BCUT2D eigenvalue weighted by atomic mass is 35.5. The second kappa shape index (κ2) is 10.7. The first-order chi connectivity index (χ1) is 14.1. The fraction of sp³-hybridized carbons (Fsp3) is 0.524. The SMILES string of the molecule is CCCCCCCC(=O)N1CCCC1C(=O)Nc1nnc(-c2cccc(Cl)c2)s1. The first kappa shape index (κ1) is 21.7. The number of anilines is 1. The summed E-state index contributed by atoms with van der Waals surface area (Å²) in [4.78, 5) is 27.1. The van der Waals surface area contributed by atoms with E-state index in [-0.39, 0.29) is 11.8 Å². The number of hydrogen-bond donors (Lipinski definition) is 1. The van der Waals surface area contributed by atoms with Gasteiger partial charge < -0.3 is 4.90 Å². The van der Waals surface area contributed by atoms with Gasteiger partial charge in [0.25, 0.3) is 0 Å². The number of carbonyl (C=O) groups excluding carboxylic acids is 2. The van der Waals surface area contributed by atoms with Gasteiger partial charge in [0, 0.05) is 23.6 Å². The molecule has 1 N–H and O–H groups in total. The van der Waals surface area contributed by atoms with Crippen molar-refractivity contribution >= 4 is 39.9 Å². The van der Waals surface area contributed by atoms with Crippen molar-refractivity contribution in [1.29, 1.82) is 0 Å². The highest BCUT2D eigenvalue weighted by Gasteiger charge is 2.34. The van der Waals surface area contributed by atoms with Crippen LogP contribution in [0.4, 0.5) is 5.13 Å². The van der Waals surface area contributed by atoms with Gasteiger partial charge in [-0.3, -0.25) is 14.9 Å². The Kier molecular flexibility index (Phi) is 8.00. The van der Waals surface area contributed by atoms with Crippen LogP contribution in [-0.4, -0.2) is 39.5 Å². The van der Waals surface area contributed by atoms with E-state index in [2.05, 4.69) is 22.4 Å². The van der Waals surface area contributed by atoms with Crippen LogP contribution in [0.25, 0.3) is 10.6 Å². The summed E-state index contributed by atoms with van der Waals surface area (Å²) in [5.74, 6) is -0.105. The summed E-state index contributed by atoms with van der Waals surface area (Å²) in [6.07, 6.45) is 7.58. The molecule has 2 heterocycles. The number of carbonyl (C=O) groups is 2. The molecule has 0 radical (unpaired) electrons. The normalized spacial score (nSPS) is 16.2. The molecule has 0 aliphatic carbocycles. The van der Waals surface area contributed by atoms with Crippen LogP contribution < -0.4 is 5.32 Å². The fourth-order valence-electron chi connectivity index (χ4n) is 3.56. The van der Waals surface area contributed by atoms with E-state index in [1.165, 1.54) is 30.6 Å². The molecule has 29 heavy (non-hydrogen) atoms. The lowest BCUT2D eigenvalue weighted by atomic mass is 10.1. The molecular weight excluding hydrogens is 408 g/mol. The Morgan fingerprint density at radius 1 is 1.24 bits per heavy atom. The summed E-state index contributed by atoms with van der Waals surface area (Å²) in [5.41, 5.74) is 0.858. The Bertz CT molecular complexity index is 842. The summed E-state index contributed by atoms with van der Waals surface area (Å²) in [7, 11) is 0. The molecule has 0 bridgehead atoms. The fourth-order valence-corrected chi connectivity index (χ4v) is 4.49. The van der Waals surface area contributed by atoms with Crippen molar-refractivity contribution < 1.29 is 9.59 Å². The van der Waals surface area contributed by atoms with Gasteiger partial charge in [0.2, 0.25) is 16.9 Å². The largest absolute Gasteiger partial charge is 0.331 e. The molecule has 1 aliphatic rings. The van der Waals surface area contributed by atoms with E-state index in [4.69, 9.17) is 11.6 Å². The minimum Gasteiger partial charge on any atom is -0.331 e. The predicted octanol–water partition coefficient (Wildman–Crippen LogP) is 5.15. The van der Waals surface area contributed by atoms with Gasteiger partial charge in [-0.05, 0) is 31.4 Å². The molecular formula is C21H27ClN4O2S. The molecule has 2 aromatic rings. The molecule has 1 aromatic heterocycles. The predicted molar refractivity (Wildman–Crippen MR) is 117 cm³/mol. The van der Waals surface area contributed by atoms with Gasteiger partial charge in [-0.1, -0.05) is 67.7 Å². The van der Waals surface area contributed by atoms with E-state index in [0.29, 0.717) is 34.5 Å². The van der Waals surface area contributed by atoms with Gasteiger partial charge in [-0.25, -0.2) is 0 Å². The number of benzene rings is 1. The molecule has 156 valence electrons. The molecule has 2 amide bonds. The topological polar surface area (TPSA) is 75.2 Å². The first-order valence-corrected chi connectivity index (χ1v) is 11.5. The Hall–Kier alpha value is -1.99. The summed E-state index contributed by atoms with van der Waals surface area (Å²) < 4.78 is 0. The van der Waals surface area contributed by atoms with E-state index in [9.17, 15) is 9.59 Å². The molecule has 1 saturated heterocycles. The van der Waals surface area contributed by atoms with E-state index in [1.54, 1.807) is 11.0 Å². The lowest BCUT2D eigenvalue weighted by Crippen LogP contribution is -2.43. The number of hydrogen-bond acceptors (Lipinski definition) is 5. The smallest absolute Gasteiger partial charge is 0.249 e. The maximum Gasteiger partial charge on any atom is 0.249 e. The third kappa shape index (κ3) is 6.00. The standard InChI is InChI=1S/C21H27ClN4O2S/c1-2-3-4-5-6-12-18(27)26-13-8-11-17(26)19(28)23-21-25-24-20(29-21)15-9-7-10-16(22)14-15/h7,9-10,14,17H,2-6,8,11-13H2,1H3,(H,23,25,28). The molecule has 6 nitrogen and oxygen atoms in total. The molecule has 0 spiro atoms. The Morgan fingerprint density at radius 2 is 2.07 bits per heavy atom. The summed E-state index contributed by atoms with van der Waals surface area (Å²) in [5, 5.41) is 12.8. The molecule has 8 heteroatoms. The highest BCUT2D eigenvalue weighted by molar-refractivity contribution is 7.18. The highest BCUT2D eigenvalue weighted by Crippen LogP contribution is 2.29. The zero-order valence-electron chi connectivity index (χ0n) is 16.7. The van der Waals surface area contributed by atoms with Gasteiger partial charge in [-0.15, -0.1) is 10.2 Å². The third-order valence-electron chi connectivity index (χ3n) is 5.10. The quantitative estimate of drug-likeness (QED) is 0.554. The molecule has 3 rings (SSSR count). The minimum absolute atomic E-state index is 0.0797. The van der Waals surface area contributed by atoms with Gasteiger partial charge in [0.1, 0.15) is 11.0 Å². The van der Waals surface area contributed by atoms with Crippen molar-refractivity contribution in [2.45, 2.75) is 64.3 Å². The number of aromatic nitrogens is 2. The van der Waals surface area contributed by atoms with Crippen LogP contribution in [0.2, 0.25) is 5.02 Å². The van der Waals surface area contributed by atoms with Crippen molar-refractivity contribution in [1.82, 2.24) is 15.1 Å². The van der Waals surface area contributed by atoms with E-state index >= 15 is 0 Å². The van der Waals surface area contributed by atoms with Crippen LogP contribution in [0.15, 0.2) is 24.3 Å². The van der Waals surface area contributed by atoms with Crippen LogP contribution in [0.3, 0.4) is 0 Å². The van der Waals surface area contributed by atoms with Gasteiger partial charge >= 0.3 is 0 Å². The van der Waals surface area contributed by atoms with Crippen molar-refractivity contribution in [3.63, 3.8) is 0 Å². The number of nitrogens with zero attached hydrogens (tertiary/aromatic N) is 3. The molecule has 1 aromatic carbocycles. The maximum absolute atomic E-state index is 12.8. The van der Waals surface area contributed by atoms with Crippen molar-refractivity contribution in [2.24, 2.45) is 0 Å². The van der Waals surface area contributed by atoms with Crippen molar-refractivity contribution in [3.05, 3.63) is 29.3 Å². The number of amides is 2. The zero-order valence-corrected chi connectivity index (χ0v) is 18.3. The summed E-state index contributed by atoms with van der Waals surface area (Å²) >= 11 is 7.32. The van der Waals surface area contributed by atoms with E-state index in [1.807, 2.05) is 18.2 Å². The molecule has 1 unspecified atom stereocenters. The van der Waals surface area contributed by atoms with Gasteiger partial charge in [0.05, 0.1) is 0 Å². The second-order valence-electron chi connectivity index (χ2n) is 7.32. The van der Waals surface area contributed by atoms with Crippen LogP contribution in [0.5, 0.6) is 0 Å². The Balaban J connectivity index is 1.55. The third-order valence-corrected chi connectivity index (χ3v) is 6.22. The second-order valence-corrected chi connectivity index (χ2v) is 8.74. The van der Waals surface area contributed by atoms with Crippen LogP contribution in [0, 0.1) is 0 Å².